The predicted molar refractivity (Wildman–Crippen MR) is 138 cm³/mol. The lowest BCUT2D eigenvalue weighted by Crippen LogP contribution is -2.55. The highest BCUT2D eigenvalue weighted by Gasteiger charge is 2.40. The summed E-state index contributed by atoms with van der Waals surface area (Å²) in [5.41, 5.74) is 3.15. The molecule has 0 spiro atoms. The lowest BCUT2D eigenvalue weighted by Gasteiger charge is -2.42. The number of ether oxygens (including phenoxy) is 1. The van der Waals surface area contributed by atoms with E-state index >= 15 is 0 Å². The van der Waals surface area contributed by atoms with Gasteiger partial charge in [0.2, 0.25) is 5.91 Å². The first-order valence-electron chi connectivity index (χ1n) is 12.3. The smallest absolute Gasteiger partial charge is 0.328 e. The Morgan fingerprint density at radius 3 is 2.00 bits per heavy atom. The fraction of sp³-hybridized carbons (Fsp3) is 0.333. The summed E-state index contributed by atoms with van der Waals surface area (Å²) < 4.78 is 5.17. The third-order valence-electron chi connectivity index (χ3n) is 7.06. The zero-order valence-electron chi connectivity index (χ0n) is 20.5. The van der Waals surface area contributed by atoms with Crippen LogP contribution in [0.3, 0.4) is 0 Å². The van der Waals surface area contributed by atoms with Crippen LogP contribution in [0.25, 0.3) is 0 Å². The lowest BCUT2D eigenvalue weighted by atomic mass is 9.87. The van der Waals surface area contributed by atoms with E-state index in [2.05, 4.69) is 36.2 Å². The molecule has 0 bridgehead atoms. The third kappa shape index (κ3) is 5.98. The number of methoxy groups -OCH3 is 1. The summed E-state index contributed by atoms with van der Waals surface area (Å²) in [6.07, 6.45) is 2.34. The van der Waals surface area contributed by atoms with E-state index in [0.29, 0.717) is 13.0 Å². The molecule has 0 saturated carbocycles. The molecular formula is C30H34N2O3. The van der Waals surface area contributed by atoms with E-state index in [-0.39, 0.29) is 17.9 Å². The molecule has 1 aliphatic rings. The second-order valence-electron chi connectivity index (χ2n) is 9.22. The van der Waals surface area contributed by atoms with Crippen molar-refractivity contribution in [1.82, 2.24) is 9.80 Å². The van der Waals surface area contributed by atoms with Crippen LogP contribution in [0.4, 0.5) is 0 Å². The number of piperidine rings is 1. The molecule has 0 aromatic heterocycles. The number of esters is 1. The average molecular weight is 471 g/mol. The molecule has 0 radical (unpaired) electrons. The molecule has 35 heavy (non-hydrogen) atoms. The van der Waals surface area contributed by atoms with Crippen LogP contribution in [0.5, 0.6) is 0 Å². The standard InChI is InChI=1S/C30H34N2O3/c1-31(20-18-23-12-6-3-7-13-23)26-19-21-32(27(22-26)30(34)35-2)29(33)28(24-14-8-4-9-15-24)25-16-10-5-11-17-25/h3-17,26-28H,18-22H2,1-2H3/t26-,27+/m1/s1. The van der Waals surface area contributed by atoms with Crippen LogP contribution in [-0.4, -0.2) is 61.0 Å². The number of carbonyl (C=O) groups is 2. The molecule has 0 aliphatic carbocycles. The van der Waals surface area contributed by atoms with Crippen molar-refractivity contribution in [2.24, 2.45) is 0 Å². The van der Waals surface area contributed by atoms with Gasteiger partial charge in [0.15, 0.2) is 0 Å². The molecule has 0 N–H and O–H groups in total. The molecule has 0 unspecified atom stereocenters. The quantitative estimate of drug-likeness (QED) is 0.454. The number of hydrogen-bond donors (Lipinski definition) is 0. The van der Waals surface area contributed by atoms with E-state index in [9.17, 15) is 9.59 Å². The largest absolute Gasteiger partial charge is 0.467 e. The Kier molecular flexibility index (Phi) is 8.32. The molecule has 1 heterocycles. The minimum Gasteiger partial charge on any atom is -0.467 e. The number of likely N-dealkylation sites (N-methyl/N-ethyl adjacent to an activating group) is 1. The fourth-order valence-corrected chi connectivity index (χ4v) is 5.04. The molecule has 3 aromatic carbocycles. The Morgan fingerprint density at radius 1 is 0.914 bits per heavy atom. The number of carbonyl (C=O) groups excluding carboxylic acids is 2. The number of likely N-dealkylation sites (tertiary alicyclic amines) is 1. The minimum absolute atomic E-state index is 0.0526. The van der Waals surface area contributed by atoms with Crippen LogP contribution in [0.15, 0.2) is 91.0 Å². The summed E-state index contributed by atoms with van der Waals surface area (Å²) in [7, 11) is 3.51. The Hall–Kier alpha value is -3.44. The maximum atomic E-state index is 14.0. The first-order valence-corrected chi connectivity index (χ1v) is 12.3. The molecule has 182 valence electrons. The van der Waals surface area contributed by atoms with E-state index in [1.54, 1.807) is 4.90 Å². The second-order valence-corrected chi connectivity index (χ2v) is 9.22. The van der Waals surface area contributed by atoms with E-state index in [1.165, 1.54) is 12.7 Å². The van der Waals surface area contributed by atoms with Crippen LogP contribution in [0, 0.1) is 0 Å². The number of nitrogens with zero attached hydrogens (tertiary/aromatic N) is 2. The summed E-state index contributed by atoms with van der Waals surface area (Å²) in [4.78, 5) is 31.0. The maximum absolute atomic E-state index is 14.0. The van der Waals surface area contributed by atoms with Gasteiger partial charge in [-0.25, -0.2) is 4.79 Å². The maximum Gasteiger partial charge on any atom is 0.328 e. The third-order valence-corrected chi connectivity index (χ3v) is 7.06. The van der Waals surface area contributed by atoms with E-state index in [4.69, 9.17) is 4.74 Å². The molecule has 1 amide bonds. The van der Waals surface area contributed by atoms with Gasteiger partial charge in [0.1, 0.15) is 6.04 Å². The summed E-state index contributed by atoms with van der Waals surface area (Å²) >= 11 is 0. The van der Waals surface area contributed by atoms with Crippen molar-refractivity contribution >= 4 is 11.9 Å². The van der Waals surface area contributed by atoms with Crippen molar-refractivity contribution in [2.45, 2.75) is 37.3 Å². The monoisotopic (exact) mass is 470 g/mol. The molecule has 1 saturated heterocycles. The van der Waals surface area contributed by atoms with Gasteiger partial charge in [-0.2, -0.15) is 0 Å². The zero-order chi connectivity index (χ0) is 24.6. The van der Waals surface area contributed by atoms with Gasteiger partial charge in [-0.15, -0.1) is 0 Å². The summed E-state index contributed by atoms with van der Waals surface area (Å²) in [5.74, 6) is -0.862. The fourth-order valence-electron chi connectivity index (χ4n) is 5.04. The van der Waals surface area contributed by atoms with Gasteiger partial charge in [0, 0.05) is 19.1 Å². The number of amides is 1. The number of hydrogen-bond acceptors (Lipinski definition) is 4. The van der Waals surface area contributed by atoms with Gasteiger partial charge < -0.3 is 14.5 Å². The SMILES string of the molecule is COC(=O)[C@@H]1C[C@H](N(C)CCc2ccccc2)CCN1C(=O)C(c1ccccc1)c1ccccc1. The number of rotatable bonds is 8. The number of benzene rings is 3. The normalized spacial score (nSPS) is 18.0. The van der Waals surface area contributed by atoms with E-state index in [1.807, 2.05) is 66.7 Å². The van der Waals surface area contributed by atoms with Gasteiger partial charge >= 0.3 is 5.97 Å². The zero-order valence-corrected chi connectivity index (χ0v) is 20.5. The van der Waals surface area contributed by atoms with E-state index < -0.39 is 12.0 Å². The highest BCUT2D eigenvalue weighted by molar-refractivity contribution is 5.91. The topological polar surface area (TPSA) is 49.9 Å². The molecule has 5 nitrogen and oxygen atoms in total. The Balaban J connectivity index is 1.53. The van der Waals surface area contributed by atoms with Crippen LogP contribution in [0.1, 0.15) is 35.4 Å². The highest BCUT2D eigenvalue weighted by Crippen LogP contribution is 2.31. The van der Waals surface area contributed by atoms with Gasteiger partial charge in [-0.05, 0) is 43.0 Å². The van der Waals surface area contributed by atoms with Crippen molar-refractivity contribution in [3.63, 3.8) is 0 Å². The van der Waals surface area contributed by atoms with Crippen molar-refractivity contribution in [1.29, 1.82) is 0 Å². The summed E-state index contributed by atoms with van der Waals surface area (Å²) in [5, 5.41) is 0. The first kappa shape index (κ1) is 24.7. The van der Waals surface area contributed by atoms with Gasteiger partial charge in [0.05, 0.1) is 13.0 Å². The van der Waals surface area contributed by atoms with Crippen molar-refractivity contribution in [3.8, 4) is 0 Å². The summed E-state index contributed by atoms with van der Waals surface area (Å²) in [6.45, 7) is 1.42. The van der Waals surface area contributed by atoms with Crippen molar-refractivity contribution in [2.75, 3.05) is 27.2 Å². The van der Waals surface area contributed by atoms with Gasteiger partial charge in [-0.3, -0.25) is 4.79 Å². The Bertz CT molecular complexity index is 1050. The molecule has 4 rings (SSSR count). The second kappa shape index (κ2) is 11.8. The Morgan fingerprint density at radius 2 is 1.46 bits per heavy atom. The molecule has 5 heteroatoms. The van der Waals surface area contributed by atoms with Crippen molar-refractivity contribution < 1.29 is 14.3 Å². The average Bonchev–Trinajstić information content (AvgIpc) is 2.92. The molecule has 2 atom stereocenters. The van der Waals surface area contributed by atoms with Gasteiger partial charge in [-0.1, -0.05) is 91.0 Å². The lowest BCUT2D eigenvalue weighted by molar-refractivity contribution is -0.156. The molecular weight excluding hydrogens is 436 g/mol. The van der Waals surface area contributed by atoms with Crippen molar-refractivity contribution in [3.05, 3.63) is 108 Å². The molecule has 3 aromatic rings. The molecule has 1 fully saturated rings. The Labute approximate surface area is 208 Å². The first-order chi connectivity index (χ1) is 17.1. The van der Waals surface area contributed by atoms with Crippen LogP contribution in [-0.2, 0) is 20.7 Å². The highest BCUT2D eigenvalue weighted by atomic mass is 16.5. The summed E-state index contributed by atoms with van der Waals surface area (Å²) in [6, 6.07) is 29.6. The predicted octanol–water partition coefficient (Wildman–Crippen LogP) is 4.53. The van der Waals surface area contributed by atoms with Crippen LogP contribution in [0.2, 0.25) is 0 Å². The molecule has 1 aliphatic heterocycles. The van der Waals surface area contributed by atoms with E-state index in [0.717, 1.165) is 30.5 Å². The van der Waals surface area contributed by atoms with Crippen LogP contribution >= 0.6 is 0 Å². The van der Waals surface area contributed by atoms with Crippen LogP contribution < -0.4 is 0 Å². The van der Waals surface area contributed by atoms with Gasteiger partial charge in [0.25, 0.3) is 0 Å². The minimum atomic E-state index is -0.597.